The van der Waals surface area contributed by atoms with Crippen molar-refractivity contribution in [2.45, 2.75) is 38.5 Å². The molecule has 1 unspecified atom stereocenters. The van der Waals surface area contributed by atoms with E-state index >= 15 is 0 Å². The minimum atomic E-state index is -0.286. The Morgan fingerprint density at radius 1 is 1.16 bits per heavy atom. The molecule has 1 aromatic carbocycles. The van der Waals surface area contributed by atoms with Crippen LogP contribution in [0.5, 0.6) is 0 Å². The Balaban J connectivity index is 2.11. The molecule has 1 atom stereocenters. The highest BCUT2D eigenvalue weighted by atomic mass is 35.5. The fourth-order valence-electron chi connectivity index (χ4n) is 1.62. The third kappa shape index (κ3) is 3.47. The van der Waals surface area contributed by atoms with E-state index in [4.69, 9.17) is 16.0 Å². The van der Waals surface area contributed by atoms with Gasteiger partial charge in [-0.1, -0.05) is 38.0 Å². The van der Waals surface area contributed by atoms with E-state index < -0.39 is 0 Å². The van der Waals surface area contributed by atoms with E-state index in [0.29, 0.717) is 11.9 Å². The summed E-state index contributed by atoms with van der Waals surface area (Å²) in [6.07, 6.45) is 0. The lowest BCUT2D eigenvalue weighted by atomic mass is 9.87. The molecule has 102 valence electrons. The lowest BCUT2D eigenvalue weighted by Gasteiger charge is -2.19. The van der Waals surface area contributed by atoms with Crippen LogP contribution in [-0.4, -0.2) is 10.2 Å². The molecule has 0 radical (unpaired) electrons. The van der Waals surface area contributed by atoms with Gasteiger partial charge in [0.05, 0.1) is 0 Å². The van der Waals surface area contributed by atoms with Crippen molar-refractivity contribution < 1.29 is 4.42 Å². The van der Waals surface area contributed by atoms with Crippen molar-refractivity contribution in [3.8, 4) is 0 Å². The van der Waals surface area contributed by atoms with E-state index in [1.165, 1.54) is 5.56 Å². The third-order valence-electron chi connectivity index (χ3n) is 2.78. The fourth-order valence-corrected chi connectivity index (χ4v) is 1.71. The molecule has 1 N–H and O–H groups in total. The van der Waals surface area contributed by atoms with E-state index in [0.717, 1.165) is 5.69 Å². The molecule has 1 heterocycles. The third-order valence-corrected chi connectivity index (χ3v) is 2.97. The first-order valence-corrected chi connectivity index (χ1v) is 6.65. The Morgan fingerprint density at radius 2 is 1.79 bits per heavy atom. The molecule has 0 spiro atoms. The average molecular weight is 280 g/mol. The van der Waals surface area contributed by atoms with Gasteiger partial charge in [0.15, 0.2) is 0 Å². The van der Waals surface area contributed by atoms with Gasteiger partial charge < -0.3 is 9.73 Å². The van der Waals surface area contributed by atoms with Crippen molar-refractivity contribution >= 4 is 23.3 Å². The van der Waals surface area contributed by atoms with Crippen molar-refractivity contribution in [2.75, 3.05) is 5.32 Å². The van der Waals surface area contributed by atoms with E-state index in [1.54, 1.807) is 6.92 Å². The van der Waals surface area contributed by atoms with Gasteiger partial charge in [0.1, 0.15) is 5.38 Å². The van der Waals surface area contributed by atoms with Gasteiger partial charge in [-0.05, 0) is 30.0 Å². The predicted molar refractivity (Wildman–Crippen MR) is 77.0 cm³/mol. The summed E-state index contributed by atoms with van der Waals surface area (Å²) in [5, 5.41) is 10.5. The second-order valence-electron chi connectivity index (χ2n) is 5.51. The van der Waals surface area contributed by atoms with E-state index in [1.807, 2.05) is 12.1 Å². The topological polar surface area (TPSA) is 51.0 Å². The zero-order valence-electron chi connectivity index (χ0n) is 11.6. The molecule has 1 aromatic heterocycles. The molecule has 4 nitrogen and oxygen atoms in total. The molecule has 5 heteroatoms. The molecule has 2 rings (SSSR count). The Morgan fingerprint density at radius 3 is 2.26 bits per heavy atom. The molecule has 0 amide bonds. The summed E-state index contributed by atoms with van der Waals surface area (Å²) < 4.78 is 5.38. The van der Waals surface area contributed by atoms with Crippen LogP contribution in [-0.2, 0) is 5.41 Å². The van der Waals surface area contributed by atoms with Gasteiger partial charge in [-0.15, -0.1) is 16.7 Å². The predicted octanol–water partition coefficient (Wildman–Crippen LogP) is 4.41. The first-order chi connectivity index (χ1) is 8.86. The number of alkyl halides is 1. The van der Waals surface area contributed by atoms with Crippen LogP contribution in [0.3, 0.4) is 0 Å². The molecule has 0 bridgehead atoms. The summed E-state index contributed by atoms with van der Waals surface area (Å²) in [7, 11) is 0. The minimum absolute atomic E-state index is 0.143. The molecule has 0 aliphatic heterocycles. The zero-order chi connectivity index (χ0) is 14.0. The van der Waals surface area contributed by atoms with Crippen molar-refractivity contribution in [3.63, 3.8) is 0 Å². The lowest BCUT2D eigenvalue weighted by molar-refractivity contribution is 0.510. The van der Waals surface area contributed by atoms with Crippen LogP contribution < -0.4 is 5.32 Å². The Hall–Kier alpha value is -1.55. The molecule has 19 heavy (non-hydrogen) atoms. The molecule has 0 fully saturated rings. The summed E-state index contributed by atoms with van der Waals surface area (Å²) in [4.78, 5) is 0. The number of hydrogen-bond donors (Lipinski definition) is 1. The standard InChI is InChI=1S/C14H18ClN3O/c1-9(15)12-17-18-13(19-12)16-11-7-5-10(6-8-11)14(2,3)4/h5-9H,1-4H3,(H,16,18). The van der Waals surface area contributed by atoms with Gasteiger partial charge in [0.25, 0.3) is 0 Å². The summed E-state index contributed by atoms with van der Waals surface area (Å²) in [6.45, 7) is 8.34. The van der Waals surface area contributed by atoms with Crippen LogP contribution in [0.2, 0.25) is 0 Å². The highest BCUT2D eigenvalue weighted by Gasteiger charge is 2.14. The first-order valence-electron chi connectivity index (χ1n) is 6.21. The van der Waals surface area contributed by atoms with Crippen molar-refractivity contribution in [2.24, 2.45) is 0 Å². The Bertz CT molecular complexity index is 541. The quantitative estimate of drug-likeness (QED) is 0.846. The van der Waals surface area contributed by atoms with E-state index in [9.17, 15) is 0 Å². The normalized spacial score (nSPS) is 13.3. The van der Waals surface area contributed by atoms with Gasteiger partial charge in [-0.3, -0.25) is 0 Å². The number of nitrogens with zero attached hydrogens (tertiary/aromatic N) is 2. The molecule has 2 aromatic rings. The smallest absolute Gasteiger partial charge is 0.320 e. The van der Waals surface area contributed by atoms with Crippen molar-refractivity contribution in [1.82, 2.24) is 10.2 Å². The molecule has 0 aliphatic rings. The van der Waals surface area contributed by atoms with Crippen molar-refractivity contribution in [1.29, 1.82) is 0 Å². The largest absolute Gasteiger partial charge is 0.406 e. The molecular formula is C14H18ClN3O. The van der Waals surface area contributed by atoms with Gasteiger partial charge in [0, 0.05) is 5.69 Å². The van der Waals surface area contributed by atoms with Gasteiger partial charge in [-0.25, -0.2) is 0 Å². The van der Waals surface area contributed by atoms with Gasteiger partial charge in [-0.2, -0.15) is 0 Å². The zero-order valence-corrected chi connectivity index (χ0v) is 12.3. The summed E-state index contributed by atoms with van der Waals surface area (Å²) >= 11 is 5.87. The number of aromatic nitrogens is 2. The monoisotopic (exact) mass is 279 g/mol. The minimum Gasteiger partial charge on any atom is -0.406 e. The maximum absolute atomic E-state index is 5.87. The fraction of sp³-hybridized carbons (Fsp3) is 0.429. The molecule has 0 aliphatic carbocycles. The number of halogens is 1. The first kappa shape index (κ1) is 13.9. The van der Waals surface area contributed by atoms with E-state index in [-0.39, 0.29) is 10.8 Å². The number of nitrogens with one attached hydrogen (secondary N) is 1. The van der Waals surface area contributed by atoms with E-state index in [2.05, 4.69) is 48.4 Å². The van der Waals surface area contributed by atoms with Crippen LogP contribution in [0.15, 0.2) is 28.7 Å². The second-order valence-corrected chi connectivity index (χ2v) is 6.17. The van der Waals surface area contributed by atoms with Gasteiger partial charge >= 0.3 is 6.01 Å². The average Bonchev–Trinajstić information content (AvgIpc) is 2.77. The number of rotatable bonds is 3. The molecule has 0 saturated heterocycles. The summed E-state index contributed by atoms with van der Waals surface area (Å²) in [5.41, 5.74) is 2.33. The second kappa shape index (κ2) is 5.21. The van der Waals surface area contributed by atoms with Crippen LogP contribution in [0.4, 0.5) is 11.7 Å². The van der Waals surface area contributed by atoms with Gasteiger partial charge in [0.2, 0.25) is 5.89 Å². The Labute approximate surface area is 118 Å². The lowest BCUT2D eigenvalue weighted by Crippen LogP contribution is -2.10. The molecule has 0 saturated carbocycles. The number of benzene rings is 1. The summed E-state index contributed by atoms with van der Waals surface area (Å²) in [6, 6.07) is 8.52. The van der Waals surface area contributed by atoms with Crippen LogP contribution in [0.25, 0.3) is 0 Å². The SMILES string of the molecule is CC(Cl)c1nnc(Nc2ccc(C(C)(C)C)cc2)o1. The maximum Gasteiger partial charge on any atom is 0.320 e. The highest BCUT2D eigenvalue weighted by molar-refractivity contribution is 6.20. The van der Waals surface area contributed by atoms with Crippen LogP contribution >= 0.6 is 11.6 Å². The molecular weight excluding hydrogens is 262 g/mol. The highest BCUT2D eigenvalue weighted by Crippen LogP contribution is 2.25. The van der Waals surface area contributed by atoms with Crippen LogP contribution in [0, 0.1) is 0 Å². The Kier molecular flexibility index (Phi) is 3.80. The maximum atomic E-state index is 5.87. The number of anilines is 2. The van der Waals surface area contributed by atoms with Crippen LogP contribution in [0.1, 0.15) is 44.5 Å². The summed E-state index contributed by atoms with van der Waals surface area (Å²) in [5.74, 6) is 0.412. The van der Waals surface area contributed by atoms with Crippen molar-refractivity contribution in [3.05, 3.63) is 35.7 Å². The number of hydrogen-bond acceptors (Lipinski definition) is 4.